The molecule has 4 nitrogen and oxygen atoms in total. The summed E-state index contributed by atoms with van der Waals surface area (Å²) in [5.41, 5.74) is 3.30. The van der Waals surface area contributed by atoms with Crippen LogP contribution in [-0.2, 0) is 18.8 Å². The number of methoxy groups -OCH3 is 1. The fourth-order valence-corrected chi connectivity index (χ4v) is 6.41. The van der Waals surface area contributed by atoms with Gasteiger partial charge in [-0.1, -0.05) is 60.5 Å². The molecule has 204 valence electrons. The third-order valence-corrected chi connectivity index (χ3v) is 12.2. The maximum Gasteiger partial charge on any atom is 0.308 e. The van der Waals surface area contributed by atoms with E-state index >= 15 is 0 Å². The molecule has 37 heavy (non-hydrogen) atoms. The normalized spacial score (nSPS) is 18.1. The minimum absolute atomic E-state index is 0.0128. The van der Waals surface area contributed by atoms with Crippen LogP contribution < -0.4 is 0 Å². The van der Waals surface area contributed by atoms with Crippen LogP contribution in [0.25, 0.3) is 5.57 Å². The number of ketones is 1. The molecule has 1 aromatic carbocycles. The average Bonchev–Trinajstić information content (AvgIpc) is 2.72. The van der Waals surface area contributed by atoms with Gasteiger partial charge >= 0.3 is 5.97 Å². The summed E-state index contributed by atoms with van der Waals surface area (Å²) in [5.74, 6) is 5.18. The van der Waals surface area contributed by atoms with E-state index in [4.69, 9.17) is 9.16 Å². The summed E-state index contributed by atoms with van der Waals surface area (Å²) in [7, 11) is -0.884. The average molecular weight is 529 g/mol. The highest BCUT2D eigenvalue weighted by molar-refractivity contribution is 6.74. The number of esters is 1. The second-order valence-corrected chi connectivity index (χ2v) is 18.1. The number of carbonyl (C=O) groups excluding carboxylic acids is 2. The van der Waals surface area contributed by atoms with E-state index < -0.39 is 20.4 Å². The lowest BCUT2D eigenvalue weighted by Gasteiger charge is -2.42. The lowest BCUT2D eigenvalue weighted by Crippen LogP contribution is -2.45. The SMILES string of the molecule is COC(=O)C[C@@H](CC(=O)C#CC1=C(c2ccc(F)c(C)c2)CC(C)(C)CC1(C)C)O[Si](C)(C)C(C)(C)C. The van der Waals surface area contributed by atoms with E-state index in [9.17, 15) is 14.0 Å². The Hall–Kier alpha value is -2.23. The summed E-state index contributed by atoms with van der Waals surface area (Å²) in [5, 5.41) is -0.0674. The second kappa shape index (κ2) is 11.3. The zero-order valence-electron chi connectivity index (χ0n) is 24.6. The van der Waals surface area contributed by atoms with Gasteiger partial charge in [-0.05, 0) is 83.5 Å². The number of Topliss-reactive ketones (excluding diaryl/α,β-unsaturated/α-hetero) is 1. The van der Waals surface area contributed by atoms with Crippen LogP contribution in [0, 0.1) is 35.4 Å². The van der Waals surface area contributed by atoms with Crippen molar-refractivity contribution < 1.29 is 23.1 Å². The van der Waals surface area contributed by atoms with Gasteiger partial charge in [0.1, 0.15) is 5.82 Å². The molecule has 0 fully saturated rings. The molecule has 0 saturated heterocycles. The maximum absolute atomic E-state index is 14.0. The minimum atomic E-state index is -2.22. The molecule has 6 heteroatoms. The first-order valence-corrected chi connectivity index (χ1v) is 16.0. The van der Waals surface area contributed by atoms with Gasteiger partial charge in [0, 0.05) is 12.0 Å². The van der Waals surface area contributed by atoms with Gasteiger partial charge in [0.15, 0.2) is 8.32 Å². The molecule has 0 saturated carbocycles. The van der Waals surface area contributed by atoms with E-state index in [0.717, 1.165) is 29.6 Å². The topological polar surface area (TPSA) is 52.6 Å². The molecule has 0 amide bonds. The van der Waals surface area contributed by atoms with Crippen LogP contribution in [-0.4, -0.2) is 33.3 Å². The number of allylic oxidation sites excluding steroid dienone is 2. The summed E-state index contributed by atoms with van der Waals surface area (Å²) in [6.07, 6.45) is 1.17. The van der Waals surface area contributed by atoms with Crippen molar-refractivity contribution in [3.8, 4) is 11.8 Å². The molecule has 0 N–H and O–H groups in total. The number of carbonyl (C=O) groups is 2. The second-order valence-electron chi connectivity index (χ2n) is 13.4. The first kappa shape index (κ1) is 31.0. The van der Waals surface area contributed by atoms with Crippen LogP contribution in [0.3, 0.4) is 0 Å². The van der Waals surface area contributed by atoms with Crippen LogP contribution in [0.1, 0.15) is 85.3 Å². The fraction of sp³-hybridized carbons (Fsp3) is 0.613. The first-order valence-electron chi connectivity index (χ1n) is 13.1. The molecular weight excluding hydrogens is 483 g/mol. The third kappa shape index (κ3) is 8.12. The van der Waals surface area contributed by atoms with Gasteiger partial charge in [-0.15, -0.1) is 0 Å². The van der Waals surface area contributed by atoms with Crippen molar-refractivity contribution in [3.63, 3.8) is 0 Å². The minimum Gasteiger partial charge on any atom is -0.469 e. The van der Waals surface area contributed by atoms with Crippen molar-refractivity contribution in [2.45, 2.75) is 105 Å². The first-order chi connectivity index (χ1) is 16.8. The van der Waals surface area contributed by atoms with Crippen LogP contribution >= 0.6 is 0 Å². The Balaban J connectivity index is 2.46. The smallest absolute Gasteiger partial charge is 0.308 e. The molecule has 1 aliphatic rings. The van der Waals surface area contributed by atoms with E-state index in [1.807, 2.05) is 6.07 Å². The number of hydrogen-bond donors (Lipinski definition) is 0. The number of hydrogen-bond acceptors (Lipinski definition) is 4. The Morgan fingerprint density at radius 1 is 1.14 bits per heavy atom. The van der Waals surface area contributed by atoms with Gasteiger partial charge in [-0.25, -0.2) is 4.39 Å². The molecule has 0 aliphatic heterocycles. The Kier molecular flexibility index (Phi) is 9.42. The molecule has 0 heterocycles. The van der Waals surface area contributed by atoms with E-state index in [0.29, 0.717) is 5.56 Å². The van der Waals surface area contributed by atoms with Crippen LogP contribution in [0.2, 0.25) is 18.1 Å². The van der Waals surface area contributed by atoms with E-state index in [1.54, 1.807) is 13.0 Å². The number of rotatable bonds is 7. The van der Waals surface area contributed by atoms with Crippen LogP contribution in [0.5, 0.6) is 0 Å². The van der Waals surface area contributed by atoms with E-state index in [2.05, 4.69) is 73.4 Å². The fourth-order valence-electron chi connectivity index (χ4n) is 5.05. The Morgan fingerprint density at radius 2 is 1.76 bits per heavy atom. The summed E-state index contributed by atoms with van der Waals surface area (Å²) < 4.78 is 25.3. The Labute approximate surface area is 224 Å². The van der Waals surface area contributed by atoms with Gasteiger partial charge in [0.05, 0.1) is 19.6 Å². The maximum atomic E-state index is 14.0. The summed E-state index contributed by atoms with van der Waals surface area (Å²) in [4.78, 5) is 25.2. The predicted octanol–water partition coefficient (Wildman–Crippen LogP) is 7.65. The summed E-state index contributed by atoms with van der Waals surface area (Å²) in [6, 6.07) is 5.17. The van der Waals surface area contributed by atoms with Gasteiger partial charge in [0.2, 0.25) is 5.78 Å². The Morgan fingerprint density at radius 3 is 2.30 bits per heavy atom. The molecule has 0 bridgehead atoms. The number of halogens is 1. The van der Waals surface area contributed by atoms with Crippen molar-refractivity contribution in [1.82, 2.24) is 0 Å². The molecule has 0 spiro atoms. The van der Waals surface area contributed by atoms with E-state index in [1.165, 1.54) is 13.2 Å². The van der Waals surface area contributed by atoms with Crippen molar-refractivity contribution >= 4 is 25.6 Å². The van der Waals surface area contributed by atoms with Crippen molar-refractivity contribution in [1.29, 1.82) is 0 Å². The zero-order chi connectivity index (χ0) is 28.4. The third-order valence-electron chi connectivity index (χ3n) is 7.69. The molecule has 1 atom stereocenters. The molecular formula is C31H45FO4Si. The summed E-state index contributed by atoms with van der Waals surface area (Å²) >= 11 is 0. The van der Waals surface area contributed by atoms with Gasteiger partial charge in [-0.3, -0.25) is 9.59 Å². The number of benzene rings is 1. The van der Waals surface area contributed by atoms with Gasteiger partial charge in [-0.2, -0.15) is 0 Å². The zero-order valence-corrected chi connectivity index (χ0v) is 25.6. The highest BCUT2D eigenvalue weighted by Gasteiger charge is 2.41. The van der Waals surface area contributed by atoms with Gasteiger partial charge in [0.25, 0.3) is 0 Å². The van der Waals surface area contributed by atoms with Crippen molar-refractivity contribution in [2.24, 2.45) is 10.8 Å². The molecule has 0 unspecified atom stereocenters. The lowest BCUT2D eigenvalue weighted by atomic mass is 9.61. The summed E-state index contributed by atoms with van der Waals surface area (Å²) in [6.45, 7) is 21.1. The number of ether oxygens (including phenoxy) is 1. The molecule has 0 aromatic heterocycles. The Bertz CT molecular complexity index is 1130. The van der Waals surface area contributed by atoms with Crippen molar-refractivity contribution in [3.05, 3.63) is 40.7 Å². The van der Waals surface area contributed by atoms with Crippen LogP contribution in [0.15, 0.2) is 23.8 Å². The lowest BCUT2D eigenvalue weighted by molar-refractivity contribution is -0.142. The quantitative estimate of drug-likeness (QED) is 0.158. The number of aryl methyl sites for hydroxylation is 1. The van der Waals surface area contributed by atoms with Crippen molar-refractivity contribution in [2.75, 3.05) is 7.11 Å². The highest BCUT2D eigenvalue weighted by Crippen LogP contribution is 2.51. The largest absolute Gasteiger partial charge is 0.469 e. The molecule has 1 aliphatic carbocycles. The molecule has 1 aromatic rings. The highest BCUT2D eigenvalue weighted by atomic mass is 28.4. The molecule has 2 rings (SSSR count). The molecule has 0 radical (unpaired) electrons. The monoisotopic (exact) mass is 528 g/mol. The van der Waals surface area contributed by atoms with Gasteiger partial charge < -0.3 is 9.16 Å². The standard InChI is InChI=1S/C31H45FO4Si/c1-21-16-22(12-15-27(21)32)25-19-30(5,6)20-31(7,8)26(25)14-13-23(33)17-24(18-28(34)35-9)36-37(10,11)29(2,3)4/h12,15-16,24H,17-20H2,1-11H3/t24-/m1/s1. The predicted molar refractivity (Wildman–Crippen MR) is 151 cm³/mol. The van der Waals surface area contributed by atoms with Crippen LogP contribution in [0.4, 0.5) is 4.39 Å². The van der Waals surface area contributed by atoms with E-state index in [-0.39, 0.29) is 40.3 Å².